The first-order valence-electron chi connectivity index (χ1n) is 6.93. The van der Waals surface area contributed by atoms with E-state index in [0.29, 0.717) is 12.5 Å². The van der Waals surface area contributed by atoms with Crippen LogP contribution in [0.3, 0.4) is 0 Å². The summed E-state index contributed by atoms with van der Waals surface area (Å²) in [6.07, 6.45) is 5.12. The average Bonchev–Trinajstić information content (AvgIpc) is 2.42. The first kappa shape index (κ1) is 13.2. The van der Waals surface area contributed by atoms with Crippen molar-refractivity contribution in [3.05, 3.63) is 24.3 Å². The van der Waals surface area contributed by atoms with Gasteiger partial charge in [-0.1, -0.05) is 6.42 Å². The van der Waals surface area contributed by atoms with Crippen LogP contribution >= 0.6 is 0 Å². The van der Waals surface area contributed by atoms with E-state index in [1.807, 2.05) is 31.2 Å². The van der Waals surface area contributed by atoms with Gasteiger partial charge in [0.25, 0.3) is 0 Å². The Morgan fingerprint density at radius 3 is 2.44 bits per heavy atom. The normalized spacial score (nSPS) is 23.7. The highest BCUT2D eigenvalue weighted by atomic mass is 16.5. The van der Waals surface area contributed by atoms with Crippen molar-refractivity contribution in [1.29, 1.82) is 0 Å². The Hall–Kier alpha value is -1.22. The molecule has 0 spiro atoms. The van der Waals surface area contributed by atoms with Gasteiger partial charge in [0.2, 0.25) is 0 Å². The number of benzene rings is 1. The third kappa shape index (κ3) is 3.39. The second kappa shape index (κ2) is 6.64. The van der Waals surface area contributed by atoms with Crippen LogP contribution in [0.25, 0.3) is 0 Å². The monoisotopic (exact) mass is 249 g/mol. The van der Waals surface area contributed by atoms with Crippen molar-refractivity contribution in [2.45, 2.75) is 38.7 Å². The maximum Gasteiger partial charge on any atom is 0.120 e. The summed E-state index contributed by atoms with van der Waals surface area (Å²) < 4.78 is 11.5. The Balaban J connectivity index is 1.95. The molecule has 3 heteroatoms. The maximum atomic E-state index is 6.06. The molecule has 1 fully saturated rings. The minimum atomic E-state index is 0.279. The lowest BCUT2D eigenvalue weighted by molar-refractivity contribution is 0.0969. The fourth-order valence-electron chi connectivity index (χ4n) is 2.55. The molecule has 0 aliphatic heterocycles. The van der Waals surface area contributed by atoms with Crippen molar-refractivity contribution in [2.75, 3.05) is 13.2 Å². The SMILES string of the molecule is CCOc1ccc(OC2CCCCC2CN)cc1. The van der Waals surface area contributed by atoms with E-state index >= 15 is 0 Å². The first-order valence-corrected chi connectivity index (χ1v) is 6.93. The Morgan fingerprint density at radius 1 is 1.11 bits per heavy atom. The largest absolute Gasteiger partial charge is 0.494 e. The van der Waals surface area contributed by atoms with Crippen LogP contribution in [0.4, 0.5) is 0 Å². The number of hydrogen-bond acceptors (Lipinski definition) is 3. The van der Waals surface area contributed by atoms with E-state index in [4.69, 9.17) is 15.2 Å². The van der Waals surface area contributed by atoms with Gasteiger partial charge in [0.1, 0.15) is 17.6 Å². The maximum absolute atomic E-state index is 6.06. The molecule has 0 aromatic heterocycles. The lowest BCUT2D eigenvalue weighted by Crippen LogP contribution is -2.35. The van der Waals surface area contributed by atoms with Crippen LogP contribution in [-0.4, -0.2) is 19.3 Å². The van der Waals surface area contributed by atoms with Gasteiger partial charge in [0, 0.05) is 5.92 Å². The van der Waals surface area contributed by atoms with Gasteiger partial charge in [-0.15, -0.1) is 0 Å². The third-order valence-corrected chi connectivity index (χ3v) is 3.56. The molecule has 18 heavy (non-hydrogen) atoms. The zero-order valence-corrected chi connectivity index (χ0v) is 11.1. The minimum absolute atomic E-state index is 0.279. The van der Waals surface area contributed by atoms with Crippen molar-refractivity contribution in [1.82, 2.24) is 0 Å². The molecule has 1 aliphatic carbocycles. The summed E-state index contributed by atoms with van der Waals surface area (Å²) in [5.74, 6) is 2.32. The van der Waals surface area contributed by atoms with Crippen LogP contribution in [0, 0.1) is 5.92 Å². The molecule has 1 aromatic rings. The zero-order valence-electron chi connectivity index (χ0n) is 11.1. The smallest absolute Gasteiger partial charge is 0.120 e. The summed E-state index contributed by atoms with van der Waals surface area (Å²) in [5, 5.41) is 0. The van der Waals surface area contributed by atoms with Crippen molar-refractivity contribution < 1.29 is 9.47 Å². The number of nitrogens with two attached hydrogens (primary N) is 1. The number of hydrogen-bond donors (Lipinski definition) is 1. The Kier molecular flexibility index (Phi) is 4.88. The summed E-state index contributed by atoms with van der Waals surface area (Å²) in [4.78, 5) is 0. The Labute approximate surface area is 109 Å². The molecule has 1 aromatic carbocycles. The van der Waals surface area contributed by atoms with Crippen molar-refractivity contribution in [3.8, 4) is 11.5 Å². The van der Waals surface area contributed by atoms with Crippen LogP contribution in [0.15, 0.2) is 24.3 Å². The quantitative estimate of drug-likeness (QED) is 0.872. The lowest BCUT2D eigenvalue weighted by atomic mass is 9.86. The van der Waals surface area contributed by atoms with Gasteiger partial charge in [0.15, 0.2) is 0 Å². The molecule has 0 bridgehead atoms. The summed E-state index contributed by atoms with van der Waals surface area (Å²) in [7, 11) is 0. The molecule has 2 unspecified atom stereocenters. The highest BCUT2D eigenvalue weighted by molar-refractivity contribution is 5.31. The molecule has 1 saturated carbocycles. The highest BCUT2D eigenvalue weighted by Gasteiger charge is 2.25. The third-order valence-electron chi connectivity index (χ3n) is 3.56. The van der Waals surface area contributed by atoms with Crippen LogP contribution in [0.2, 0.25) is 0 Å². The fourth-order valence-corrected chi connectivity index (χ4v) is 2.55. The molecule has 0 radical (unpaired) electrons. The predicted molar refractivity (Wildman–Crippen MR) is 73.0 cm³/mol. The molecule has 100 valence electrons. The first-order chi connectivity index (χ1) is 8.83. The van der Waals surface area contributed by atoms with E-state index in [9.17, 15) is 0 Å². The van der Waals surface area contributed by atoms with Crippen molar-refractivity contribution in [2.24, 2.45) is 11.7 Å². The Morgan fingerprint density at radius 2 is 1.78 bits per heavy atom. The fraction of sp³-hybridized carbons (Fsp3) is 0.600. The standard InChI is InChI=1S/C15H23NO2/c1-2-17-13-7-9-14(10-8-13)18-15-6-4-3-5-12(15)11-16/h7-10,12,15H,2-6,11,16H2,1H3. The van der Waals surface area contributed by atoms with Crippen LogP contribution < -0.4 is 15.2 Å². The topological polar surface area (TPSA) is 44.5 Å². The van der Waals surface area contributed by atoms with E-state index < -0.39 is 0 Å². The molecular weight excluding hydrogens is 226 g/mol. The molecule has 2 atom stereocenters. The van der Waals surface area contributed by atoms with Crippen LogP contribution in [-0.2, 0) is 0 Å². The molecule has 0 saturated heterocycles. The summed E-state index contributed by atoms with van der Waals surface area (Å²) >= 11 is 0. The zero-order chi connectivity index (χ0) is 12.8. The summed E-state index contributed by atoms with van der Waals surface area (Å²) in [5.41, 5.74) is 5.81. The van der Waals surface area contributed by atoms with Gasteiger partial charge >= 0.3 is 0 Å². The van der Waals surface area contributed by atoms with E-state index in [-0.39, 0.29) is 6.10 Å². The van der Waals surface area contributed by atoms with E-state index in [2.05, 4.69) is 0 Å². The van der Waals surface area contributed by atoms with E-state index in [1.54, 1.807) is 0 Å². The number of ether oxygens (including phenoxy) is 2. The molecular formula is C15H23NO2. The highest BCUT2D eigenvalue weighted by Crippen LogP contribution is 2.28. The van der Waals surface area contributed by atoms with Gasteiger partial charge in [-0.25, -0.2) is 0 Å². The second-order valence-electron chi connectivity index (χ2n) is 4.84. The Bertz CT molecular complexity index is 350. The van der Waals surface area contributed by atoms with Gasteiger partial charge in [-0.05, 0) is 57.0 Å². The summed E-state index contributed by atoms with van der Waals surface area (Å²) in [6.45, 7) is 3.40. The molecule has 1 aliphatic rings. The molecule has 2 rings (SSSR count). The predicted octanol–water partition coefficient (Wildman–Crippen LogP) is 2.98. The molecule has 0 heterocycles. The van der Waals surface area contributed by atoms with E-state index in [1.165, 1.54) is 19.3 Å². The molecule has 3 nitrogen and oxygen atoms in total. The number of rotatable bonds is 5. The van der Waals surface area contributed by atoms with Gasteiger partial charge < -0.3 is 15.2 Å². The van der Waals surface area contributed by atoms with Crippen LogP contribution in [0.1, 0.15) is 32.6 Å². The van der Waals surface area contributed by atoms with Gasteiger partial charge in [0.05, 0.1) is 6.61 Å². The van der Waals surface area contributed by atoms with E-state index in [0.717, 1.165) is 24.5 Å². The van der Waals surface area contributed by atoms with Crippen molar-refractivity contribution >= 4 is 0 Å². The van der Waals surface area contributed by atoms with Gasteiger partial charge in [-0.3, -0.25) is 0 Å². The van der Waals surface area contributed by atoms with Gasteiger partial charge in [-0.2, -0.15) is 0 Å². The average molecular weight is 249 g/mol. The van der Waals surface area contributed by atoms with Crippen LogP contribution in [0.5, 0.6) is 11.5 Å². The molecule has 0 amide bonds. The minimum Gasteiger partial charge on any atom is -0.494 e. The lowest BCUT2D eigenvalue weighted by Gasteiger charge is -2.31. The summed E-state index contributed by atoms with van der Waals surface area (Å²) in [6, 6.07) is 7.87. The van der Waals surface area contributed by atoms with Crippen molar-refractivity contribution in [3.63, 3.8) is 0 Å². The molecule has 2 N–H and O–H groups in total. The second-order valence-corrected chi connectivity index (χ2v) is 4.84.